The van der Waals surface area contributed by atoms with E-state index >= 15 is 0 Å². The first-order valence-corrected chi connectivity index (χ1v) is 9.22. The summed E-state index contributed by atoms with van der Waals surface area (Å²) in [6, 6.07) is 19.2. The van der Waals surface area contributed by atoms with Crippen LogP contribution in [0.4, 0.5) is 0 Å². The van der Waals surface area contributed by atoms with Crippen LogP contribution in [0.25, 0.3) is 0 Å². The number of carbonyl (C=O) groups is 2. The summed E-state index contributed by atoms with van der Waals surface area (Å²) in [6.07, 6.45) is 0.0667. The van der Waals surface area contributed by atoms with Crippen molar-refractivity contribution >= 4 is 23.4 Å². The maximum atomic E-state index is 12.1. The van der Waals surface area contributed by atoms with Gasteiger partial charge in [-0.1, -0.05) is 29.8 Å². The van der Waals surface area contributed by atoms with Gasteiger partial charge in [0.15, 0.2) is 5.76 Å². The number of benzene rings is 2. The van der Waals surface area contributed by atoms with Crippen molar-refractivity contribution in [3.8, 4) is 11.5 Å². The molecule has 0 aliphatic heterocycles. The average molecular weight is 415 g/mol. The molecule has 0 bridgehead atoms. The fourth-order valence-corrected chi connectivity index (χ4v) is 2.42. The molecule has 1 aromatic heterocycles. The third kappa shape index (κ3) is 6.58. The summed E-state index contributed by atoms with van der Waals surface area (Å²) in [4.78, 5) is 23.9. The quantitative estimate of drug-likeness (QED) is 0.548. The van der Waals surface area contributed by atoms with E-state index in [-0.39, 0.29) is 25.4 Å². The summed E-state index contributed by atoms with van der Waals surface area (Å²) in [5.74, 6) is 0.889. The Labute approximate surface area is 172 Å². The molecule has 150 valence electrons. The van der Waals surface area contributed by atoms with Crippen LogP contribution < -0.4 is 20.3 Å². The Balaban J connectivity index is 1.37. The molecular formula is C21H19ClN2O5. The molecule has 2 amide bonds. The van der Waals surface area contributed by atoms with Crippen LogP contribution in [0.2, 0.25) is 5.02 Å². The number of hydrogen-bond acceptors (Lipinski definition) is 5. The second-order valence-corrected chi connectivity index (χ2v) is 6.36. The topological polar surface area (TPSA) is 89.8 Å². The third-order valence-electron chi connectivity index (χ3n) is 3.74. The van der Waals surface area contributed by atoms with Crippen molar-refractivity contribution in [2.24, 2.45) is 0 Å². The highest BCUT2D eigenvalue weighted by molar-refractivity contribution is 6.30. The zero-order chi connectivity index (χ0) is 20.5. The molecule has 8 heteroatoms. The van der Waals surface area contributed by atoms with Crippen LogP contribution in [0.1, 0.15) is 22.7 Å². The molecule has 1 heterocycles. The first kappa shape index (κ1) is 20.3. The van der Waals surface area contributed by atoms with Crippen LogP contribution in [0.3, 0.4) is 0 Å². The molecule has 7 nitrogen and oxygen atoms in total. The Hall–Kier alpha value is -3.45. The van der Waals surface area contributed by atoms with Gasteiger partial charge in [-0.2, -0.15) is 0 Å². The predicted octanol–water partition coefficient (Wildman–Crippen LogP) is 3.74. The van der Waals surface area contributed by atoms with Gasteiger partial charge in [-0.3, -0.25) is 20.4 Å². The number of ether oxygens (including phenoxy) is 2. The SMILES string of the molecule is O=C(CCOc1ccc(Cl)cc1)NNC(=O)c1ccc(COc2ccccc2)o1. The monoisotopic (exact) mass is 414 g/mol. The second-order valence-electron chi connectivity index (χ2n) is 5.92. The van der Waals surface area contributed by atoms with Gasteiger partial charge in [0.1, 0.15) is 23.9 Å². The molecule has 0 aliphatic rings. The Kier molecular flexibility index (Phi) is 7.13. The largest absolute Gasteiger partial charge is 0.493 e. The molecule has 0 unspecified atom stereocenters. The minimum Gasteiger partial charge on any atom is -0.493 e. The van der Waals surface area contributed by atoms with Gasteiger partial charge in [-0.15, -0.1) is 0 Å². The standard InChI is InChI=1S/C21H19ClN2O5/c22-15-6-8-17(9-7-15)27-13-12-20(25)23-24-21(26)19-11-10-18(29-19)14-28-16-4-2-1-3-5-16/h1-11H,12-14H2,(H,23,25)(H,24,26). The maximum Gasteiger partial charge on any atom is 0.305 e. The number of carbonyl (C=O) groups excluding carboxylic acids is 2. The smallest absolute Gasteiger partial charge is 0.305 e. The number of amides is 2. The van der Waals surface area contributed by atoms with Gasteiger partial charge >= 0.3 is 5.91 Å². The Morgan fingerprint density at radius 3 is 2.34 bits per heavy atom. The summed E-state index contributed by atoms with van der Waals surface area (Å²) < 4.78 is 16.4. The molecule has 3 aromatic rings. The van der Waals surface area contributed by atoms with Crippen LogP contribution in [-0.2, 0) is 11.4 Å². The summed E-state index contributed by atoms with van der Waals surface area (Å²) >= 11 is 5.79. The van der Waals surface area contributed by atoms with Gasteiger partial charge < -0.3 is 13.9 Å². The van der Waals surface area contributed by atoms with Gasteiger partial charge in [-0.25, -0.2) is 0 Å². The number of nitrogens with one attached hydrogen (secondary N) is 2. The lowest BCUT2D eigenvalue weighted by atomic mass is 10.3. The summed E-state index contributed by atoms with van der Waals surface area (Å²) in [5.41, 5.74) is 4.61. The number of hydrazine groups is 1. The van der Waals surface area contributed by atoms with E-state index < -0.39 is 11.8 Å². The average Bonchev–Trinajstić information content (AvgIpc) is 3.22. The van der Waals surface area contributed by atoms with Crippen molar-refractivity contribution < 1.29 is 23.5 Å². The molecule has 2 aromatic carbocycles. The van der Waals surface area contributed by atoms with Crippen LogP contribution >= 0.6 is 11.6 Å². The summed E-state index contributed by atoms with van der Waals surface area (Å²) in [5, 5.41) is 0.602. The van der Waals surface area contributed by atoms with Gasteiger partial charge in [0.05, 0.1) is 13.0 Å². The minimum atomic E-state index is -0.567. The molecule has 0 fully saturated rings. The van der Waals surface area contributed by atoms with Gasteiger partial charge in [0, 0.05) is 5.02 Å². The van der Waals surface area contributed by atoms with E-state index in [1.165, 1.54) is 6.07 Å². The Morgan fingerprint density at radius 1 is 0.862 bits per heavy atom. The molecule has 29 heavy (non-hydrogen) atoms. The predicted molar refractivity (Wildman–Crippen MR) is 107 cm³/mol. The van der Waals surface area contributed by atoms with Crippen LogP contribution in [-0.4, -0.2) is 18.4 Å². The Bertz CT molecular complexity index is 941. The maximum absolute atomic E-state index is 12.1. The highest BCUT2D eigenvalue weighted by Crippen LogP contribution is 2.16. The van der Waals surface area contributed by atoms with E-state index in [1.807, 2.05) is 30.3 Å². The van der Waals surface area contributed by atoms with Gasteiger partial charge in [0.2, 0.25) is 5.91 Å². The van der Waals surface area contributed by atoms with E-state index in [0.29, 0.717) is 22.3 Å². The van der Waals surface area contributed by atoms with Crippen molar-refractivity contribution in [3.05, 3.63) is 83.3 Å². The number of furan rings is 1. The second kappa shape index (κ2) is 10.2. The first-order chi connectivity index (χ1) is 14.1. The van der Waals surface area contributed by atoms with Crippen molar-refractivity contribution in [1.29, 1.82) is 0 Å². The fraction of sp³-hybridized carbons (Fsp3) is 0.143. The first-order valence-electron chi connectivity index (χ1n) is 8.84. The van der Waals surface area contributed by atoms with Crippen molar-refractivity contribution in [2.45, 2.75) is 13.0 Å². The zero-order valence-corrected chi connectivity index (χ0v) is 16.1. The summed E-state index contributed by atoms with van der Waals surface area (Å²) in [6.45, 7) is 0.344. The van der Waals surface area contributed by atoms with Crippen molar-refractivity contribution in [2.75, 3.05) is 6.61 Å². The van der Waals surface area contributed by atoms with Crippen molar-refractivity contribution in [3.63, 3.8) is 0 Å². The highest BCUT2D eigenvalue weighted by Gasteiger charge is 2.12. The fourth-order valence-electron chi connectivity index (χ4n) is 2.29. The molecule has 0 saturated heterocycles. The minimum absolute atomic E-state index is 0.0642. The highest BCUT2D eigenvalue weighted by atomic mass is 35.5. The lowest BCUT2D eigenvalue weighted by molar-refractivity contribution is -0.122. The molecule has 2 N–H and O–H groups in total. The molecule has 3 rings (SSSR count). The molecule has 0 saturated carbocycles. The third-order valence-corrected chi connectivity index (χ3v) is 3.99. The molecular weight excluding hydrogens is 396 g/mol. The van der Waals surface area contributed by atoms with E-state index in [1.54, 1.807) is 30.3 Å². The zero-order valence-electron chi connectivity index (χ0n) is 15.4. The number of rotatable bonds is 8. The lowest BCUT2D eigenvalue weighted by Gasteiger charge is -2.08. The molecule has 0 spiro atoms. The van der Waals surface area contributed by atoms with Crippen molar-refractivity contribution in [1.82, 2.24) is 10.9 Å². The Morgan fingerprint density at radius 2 is 1.59 bits per heavy atom. The van der Waals surface area contributed by atoms with Crippen LogP contribution in [0, 0.1) is 0 Å². The lowest BCUT2D eigenvalue weighted by Crippen LogP contribution is -2.41. The van der Waals surface area contributed by atoms with E-state index in [0.717, 1.165) is 0 Å². The summed E-state index contributed by atoms with van der Waals surface area (Å²) in [7, 11) is 0. The number of para-hydroxylation sites is 1. The number of halogens is 1. The van der Waals surface area contributed by atoms with E-state index in [4.69, 9.17) is 25.5 Å². The van der Waals surface area contributed by atoms with Crippen LogP contribution in [0.15, 0.2) is 71.1 Å². The van der Waals surface area contributed by atoms with Gasteiger partial charge in [-0.05, 0) is 48.5 Å². The molecule has 0 atom stereocenters. The normalized spacial score (nSPS) is 10.2. The number of hydrogen-bond donors (Lipinski definition) is 2. The molecule has 0 radical (unpaired) electrons. The van der Waals surface area contributed by atoms with E-state index in [9.17, 15) is 9.59 Å². The van der Waals surface area contributed by atoms with E-state index in [2.05, 4.69) is 10.9 Å². The van der Waals surface area contributed by atoms with Crippen LogP contribution in [0.5, 0.6) is 11.5 Å². The van der Waals surface area contributed by atoms with Gasteiger partial charge in [0.25, 0.3) is 0 Å². The molecule has 0 aliphatic carbocycles.